The highest BCUT2D eigenvalue weighted by molar-refractivity contribution is 9.10. The molecule has 0 aliphatic carbocycles. The van der Waals surface area contributed by atoms with Crippen LogP contribution in [0, 0.1) is 0 Å². The number of piperidine rings is 1. The van der Waals surface area contributed by atoms with Crippen LogP contribution in [0.4, 0.5) is 0 Å². The molecule has 0 saturated carbocycles. The maximum Gasteiger partial charge on any atom is 0.222 e. The number of nitrogens with zero attached hydrogens (tertiary/aromatic N) is 4. The summed E-state index contributed by atoms with van der Waals surface area (Å²) in [7, 11) is 0. The minimum atomic E-state index is 0.306. The first-order valence-corrected chi connectivity index (χ1v) is 7.80. The lowest BCUT2D eigenvalue weighted by atomic mass is 9.90. The summed E-state index contributed by atoms with van der Waals surface area (Å²) in [5.74, 6) is 0.624. The van der Waals surface area contributed by atoms with Crippen LogP contribution in [-0.4, -0.2) is 37.8 Å². The molecule has 20 heavy (non-hydrogen) atoms. The predicted octanol–water partition coefficient (Wildman–Crippen LogP) is 2.36. The van der Waals surface area contributed by atoms with Gasteiger partial charge in [0, 0.05) is 37.3 Å². The number of rotatable bonds is 1. The molecule has 0 radical (unpaired) electrons. The van der Waals surface area contributed by atoms with Gasteiger partial charge in [-0.1, -0.05) is 0 Å². The summed E-state index contributed by atoms with van der Waals surface area (Å²) in [6, 6.07) is 0.467. The molecule has 0 N–H and O–H groups in total. The van der Waals surface area contributed by atoms with E-state index < -0.39 is 0 Å². The van der Waals surface area contributed by atoms with E-state index in [0.717, 1.165) is 41.8 Å². The first-order valence-electron chi connectivity index (χ1n) is 7.01. The first kappa shape index (κ1) is 12.3. The fourth-order valence-corrected chi connectivity index (χ4v) is 4.01. The van der Waals surface area contributed by atoms with Crippen molar-refractivity contribution in [1.82, 2.24) is 19.3 Å². The first-order chi connectivity index (χ1) is 9.74. The Morgan fingerprint density at radius 3 is 3.10 bits per heavy atom. The molecular weight excluding hydrogens is 320 g/mol. The highest BCUT2D eigenvalue weighted by Crippen LogP contribution is 2.36. The molecule has 0 bridgehead atoms. The molecule has 2 aromatic rings. The zero-order valence-corrected chi connectivity index (χ0v) is 12.6. The highest BCUT2D eigenvalue weighted by Gasteiger charge is 2.37. The van der Waals surface area contributed by atoms with E-state index in [0.29, 0.717) is 24.3 Å². The second-order valence-corrected chi connectivity index (χ2v) is 6.32. The lowest BCUT2D eigenvalue weighted by Gasteiger charge is -2.34. The molecular formula is C14H15BrN4O. The Hall–Kier alpha value is -1.43. The number of halogens is 1. The highest BCUT2D eigenvalue weighted by atomic mass is 79.9. The van der Waals surface area contributed by atoms with Crippen LogP contribution in [0.5, 0.6) is 0 Å². The largest absolute Gasteiger partial charge is 0.339 e. The maximum atomic E-state index is 11.9. The van der Waals surface area contributed by atoms with E-state index in [-0.39, 0.29) is 0 Å². The van der Waals surface area contributed by atoms with Gasteiger partial charge in [0.1, 0.15) is 0 Å². The van der Waals surface area contributed by atoms with Crippen LogP contribution in [-0.2, 0) is 4.79 Å². The second kappa shape index (κ2) is 4.55. The number of carbonyl (C=O) groups is 1. The fourth-order valence-electron chi connectivity index (χ4n) is 3.51. The third-order valence-electron chi connectivity index (χ3n) is 4.54. The summed E-state index contributed by atoms with van der Waals surface area (Å²) in [5.41, 5.74) is 2.09. The van der Waals surface area contributed by atoms with Gasteiger partial charge in [0.2, 0.25) is 5.91 Å². The minimum Gasteiger partial charge on any atom is -0.339 e. The van der Waals surface area contributed by atoms with Gasteiger partial charge in [0.05, 0.1) is 17.4 Å². The number of carbonyl (C=O) groups excluding carboxylic acids is 1. The molecule has 0 unspecified atom stereocenters. The zero-order valence-electron chi connectivity index (χ0n) is 11.0. The summed E-state index contributed by atoms with van der Waals surface area (Å²) in [6.45, 7) is 0.803. The quantitative estimate of drug-likeness (QED) is 0.804. The number of hydrogen-bond acceptors (Lipinski definition) is 3. The van der Waals surface area contributed by atoms with Gasteiger partial charge in [-0.25, -0.2) is 4.98 Å². The normalized spacial score (nSPS) is 26.2. The Bertz CT molecular complexity index is 683. The smallest absolute Gasteiger partial charge is 0.222 e. The van der Waals surface area contributed by atoms with Gasteiger partial charge in [-0.05, 0) is 35.2 Å². The van der Waals surface area contributed by atoms with E-state index in [2.05, 4.69) is 30.8 Å². The standard InChI is InChI=1S/C14H15BrN4O/c15-14-17-13(11-7-16-5-6-18(11)14)9-1-2-10-3-4-12(20)19(10)8-9/h5-7,9-10H,1-4,8H2/t9-,10+/m1/s1. The molecule has 2 fully saturated rings. The maximum absolute atomic E-state index is 11.9. The minimum absolute atomic E-state index is 0.306. The SMILES string of the molecule is O=C1CC[C@@H]2CC[C@@H](c3nc(Br)n4ccncc34)CN12. The molecule has 104 valence electrons. The van der Waals surface area contributed by atoms with Crippen LogP contribution in [0.3, 0.4) is 0 Å². The van der Waals surface area contributed by atoms with Crippen molar-refractivity contribution in [1.29, 1.82) is 0 Å². The average Bonchev–Trinajstić information content (AvgIpc) is 3.01. The van der Waals surface area contributed by atoms with Crippen molar-refractivity contribution in [3.8, 4) is 0 Å². The van der Waals surface area contributed by atoms with Crippen molar-refractivity contribution in [2.24, 2.45) is 0 Å². The molecule has 2 aliphatic rings. The zero-order chi connectivity index (χ0) is 13.7. The topological polar surface area (TPSA) is 50.5 Å². The summed E-state index contributed by atoms with van der Waals surface area (Å²) in [4.78, 5) is 22.8. The van der Waals surface area contributed by atoms with Crippen LogP contribution in [0.25, 0.3) is 5.52 Å². The van der Waals surface area contributed by atoms with Crippen molar-refractivity contribution >= 4 is 27.4 Å². The molecule has 0 spiro atoms. The lowest BCUT2D eigenvalue weighted by molar-refractivity contribution is -0.130. The second-order valence-electron chi connectivity index (χ2n) is 5.61. The molecule has 2 aliphatic heterocycles. The van der Waals surface area contributed by atoms with Crippen molar-refractivity contribution in [3.63, 3.8) is 0 Å². The number of imidazole rings is 1. The van der Waals surface area contributed by atoms with E-state index in [4.69, 9.17) is 0 Å². The van der Waals surface area contributed by atoms with E-state index in [9.17, 15) is 4.79 Å². The van der Waals surface area contributed by atoms with Crippen molar-refractivity contribution in [3.05, 3.63) is 29.0 Å². The predicted molar refractivity (Wildman–Crippen MR) is 77.4 cm³/mol. The van der Waals surface area contributed by atoms with Crippen LogP contribution in [0.15, 0.2) is 23.3 Å². The van der Waals surface area contributed by atoms with Crippen molar-refractivity contribution < 1.29 is 4.79 Å². The number of amides is 1. The van der Waals surface area contributed by atoms with Crippen LogP contribution < -0.4 is 0 Å². The van der Waals surface area contributed by atoms with Crippen LogP contribution >= 0.6 is 15.9 Å². The van der Waals surface area contributed by atoms with Crippen LogP contribution in [0.1, 0.15) is 37.3 Å². The summed E-state index contributed by atoms with van der Waals surface area (Å²) >= 11 is 3.50. The molecule has 1 amide bonds. The Labute approximate surface area is 125 Å². The Morgan fingerprint density at radius 1 is 1.30 bits per heavy atom. The Morgan fingerprint density at radius 2 is 2.20 bits per heavy atom. The number of fused-ring (bicyclic) bond motifs is 2. The van der Waals surface area contributed by atoms with Crippen molar-refractivity contribution in [2.45, 2.75) is 37.6 Å². The molecule has 0 aromatic carbocycles. The molecule has 2 atom stereocenters. The number of hydrogen-bond donors (Lipinski definition) is 0. The van der Waals surface area contributed by atoms with Crippen LogP contribution in [0.2, 0.25) is 0 Å². The fraction of sp³-hybridized carbons (Fsp3) is 0.500. The molecule has 4 heterocycles. The number of aromatic nitrogens is 3. The van der Waals surface area contributed by atoms with E-state index in [1.54, 1.807) is 6.20 Å². The van der Waals surface area contributed by atoms with Gasteiger partial charge in [0.25, 0.3) is 0 Å². The molecule has 6 heteroatoms. The van der Waals surface area contributed by atoms with E-state index in [1.165, 1.54) is 0 Å². The Balaban J connectivity index is 1.71. The molecule has 2 aromatic heterocycles. The van der Waals surface area contributed by atoms with Gasteiger partial charge < -0.3 is 4.90 Å². The average molecular weight is 335 g/mol. The Kier molecular flexibility index (Phi) is 2.80. The van der Waals surface area contributed by atoms with E-state index in [1.807, 2.05) is 16.8 Å². The third-order valence-corrected chi connectivity index (χ3v) is 5.10. The summed E-state index contributed by atoms with van der Waals surface area (Å²) in [6.07, 6.45) is 9.45. The van der Waals surface area contributed by atoms with Gasteiger partial charge in [0.15, 0.2) is 4.73 Å². The van der Waals surface area contributed by atoms with Gasteiger partial charge in [-0.15, -0.1) is 0 Å². The summed E-state index contributed by atoms with van der Waals surface area (Å²) < 4.78 is 2.81. The monoisotopic (exact) mass is 334 g/mol. The van der Waals surface area contributed by atoms with Crippen molar-refractivity contribution in [2.75, 3.05) is 6.54 Å². The molecule has 4 rings (SSSR count). The van der Waals surface area contributed by atoms with Gasteiger partial charge in [-0.3, -0.25) is 14.2 Å². The van der Waals surface area contributed by atoms with Gasteiger partial charge >= 0.3 is 0 Å². The third kappa shape index (κ3) is 1.78. The summed E-state index contributed by atoms with van der Waals surface area (Å²) in [5, 5.41) is 0. The molecule has 2 saturated heterocycles. The van der Waals surface area contributed by atoms with Gasteiger partial charge in [-0.2, -0.15) is 0 Å². The van der Waals surface area contributed by atoms with E-state index >= 15 is 0 Å². The lowest BCUT2D eigenvalue weighted by Crippen LogP contribution is -2.40. The molecule has 5 nitrogen and oxygen atoms in total.